The van der Waals surface area contributed by atoms with Gasteiger partial charge in [-0.25, -0.2) is 0 Å². The molecule has 0 unspecified atom stereocenters. The maximum absolute atomic E-state index is 12.3. The fraction of sp³-hybridized carbons (Fsp3) is 0.133. The first-order valence-electron chi connectivity index (χ1n) is 5.92. The third kappa shape index (κ3) is 3.06. The molecular weight excluding hydrogens is 297 g/mol. The van der Waals surface area contributed by atoms with E-state index in [1.54, 1.807) is 36.4 Å². The Morgan fingerprint density at radius 1 is 1.20 bits per heavy atom. The van der Waals surface area contributed by atoms with Crippen molar-refractivity contribution in [2.75, 3.05) is 12.8 Å². The lowest BCUT2D eigenvalue weighted by molar-refractivity contribution is 0.0993. The quantitative estimate of drug-likeness (QED) is 0.686. The summed E-state index contributed by atoms with van der Waals surface area (Å²) in [6.07, 6.45) is 0.203. The molecule has 0 aliphatic carbocycles. The van der Waals surface area contributed by atoms with Crippen LogP contribution < -0.4 is 10.5 Å². The Kier molecular flexibility index (Phi) is 4.53. The van der Waals surface area contributed by atoms with Gasteiger partial charge in [-0.1, -0.05) is 35.3 Å². The summed E-state index contributed by atoms with van der Waals surface area (Å²) in [7, 11) is 1.51. The molecule has 0 spiro atoms. The van der Waals surface area contributed by atoms with Crippen molar-refractivity contribution in [2.45, 2.75) is 6.42 Å². The van der Waals surface area contributed by atoms with Crippen LogP contribution in [0.1, 0.15) is 15.9 Å². The van der Waals surface area contributed by atoms with Gasteiger partial charge in [0.2, 0.25) is 0 Å². The highest BCUT2D eigenvalue weighted by Gasteiger charge is 2.14. The van der Waals surface area contributed by atoms with E-state index >= 15 is 0 Å². The number of carbonyl (C=O) groups is 1. The van der Waals surface area contributed by atoms with Gasteiger partial charge in [0.1, 0.15) is 5.75 Å². The average Bonchev–Trinajstić information content (AvgIpc) is 2.43. The highest BCUT2D eigenvalue weighted by molar-refractivity contribution is 6.42. The number of carbonyl (C=O) groups excluding carboxylic acids is 1. The van der Waals surface area contributed by atoms with Gasteiger partial charge in [0.05, 0.1) is 22.8 Å². The fourth-order valence-corrected chi connectivity index (χ4v) is 2.22. The summed E-state index contributed by atoms with van der Waals surface area (Å²) in [5.41, 5.74) is 7.48. The number of ketones is 1. The van der Waals surface area contributed by atoms with Gasteiger partial charge >= 0.3 is 0 Å². The maximum atomic E-state index is 12.3. The number of benzene rings is 2. The zero-order chi connectivity index (χ0) is 14.7. The third-order valence-electron chi connectivity index (χ3n) is 2.94. The van der Waals surface area contributed by atoms with Crippen LogP contribution in [0, 0.1) is 0 Å². The van der Waals surface area contributed by atoms with Crippen LogP contribution >= 0.6 is 23.2 Å². The molecule has 2 rings (SSSR count). The molecule has 0 heterocycles. The number of Topliss-reactive ketones (excluding diaryl/α,β-unsaturated/α-hetero) is 1. The monoisotopic (exact) mass is 309 g/mol. The van der Waals surface area contributed by atoms with Crippen LogP contribution in [0.5, 0.6) is 5.75 Å². The number of nitrogens with two attached hydrogens (primary N) is 1. The Labute approximate surface area is 127 Å². The molecule has 2 N–H and O–H groups in total. The minimum Gasteiger partial charge on any atom is -0.495 e. The van der Waals surface area contributed by atoms with Crippen LogP contribution in [-0.2, 0) is 6.42 Å². The van der Waals surface area contributed by atoms with Gasteiger partial charge in [-0.15, -0.1) is 0 Å². The molecule has 104 valence electrons. The number of methoxy groups -OCH3 is 1. The molecule has 2 aromatic carbocycles. The Balaban J connectivity index is 2.26. The van der Waals surface area contributed by atoms with E-state index in [1.807, 2.05) is 0 Å². The molecule has 20 heavy (non-hydrogen) atoms. The minimum absolute atomic E-state index is 0.0974. The maximum Gasteiger partial charge on any atom is 0.169 e. The lowest BCUT2D eigenvalue weighted by atomic mass is 10.0. The number of nitrogen functional groups attached to an aromatic ring is 1. The van der Waals surface area contributed by atoms with Crippen molar-refractivity contribution in [3.63, 3.8) is 0 Å². The van der Waals surface area contributed by atoms with Crippen molar-refractivity contribution in [2.24, 2.45) is 0 Å². The number of anilines is 1. The summed E-state index contributed by atoms with van der Waals surface area (Å²) in [4.78, 5) is 12.3. The molecular formula is C15H13Cl2NO2. The highest BCUT2D eigenvalue weighted by Crippen LogP contribution is 2.27. The molecule has 0 amide bonds. The molecule has 0 saturated heterocycles. The molecule has 0 bridgehead atoms. The average molecular weight is 310 g/mol. The molecule has 3 nitrogen and oxygen atoms in total. The van der Waals surface area contributed by atoms with E-state index in [0.717, 1.165) is 5.56 Å². The number of hydrogen-bond acceptors (Lipinski definition) is 3. The molecule has 0 aromatic heterocycles. The van der Waals surface area contributed by atoms with Gasteiger partial charge < -0.3 is 10.5 Å². The summed E-state index contributed by atoms with van der Waals surface area (Å²) in [5, 5.41) is 0.888. The molecule has 0 aliphatic heterocycles. The number of halogens is 2. The number of rotatable bonds is 4. The first-order chi connectivity index (χ1) is 9.52. The molecule has 5 heteroatoms. The summed E-state index contributed by atoms with van der Waals surface area (Å²) < 4.78 is 5.11. The minimum atomic E-state index is -0.0974. The molecule has 0 radical (unpaired) electrons. The zero-order valence-corrected chi connectivity index (χ0v) is 12.3. The Morgan fingerprint density at radius 3 is 2.60 bits per heavy atom. The van der Waals surface area contributed by atoms with Crippen LogP contribution in [0.25, 0.3) is 0 Å². The van der Waals surface area contributed by atoms with Crippen molar-refractivity contribution in [3.05, 3.63) is 57.6 Å². The second-order valence-corrected chi connectivity index (χ2v) is 5.08. The van der Waals surface area contributed by atoms with Crippen molar-refractivity contribution in [3.8, 4) is 5.75 Å². The number of hydrogen-bond donors (Lipinski definition) is 1. The zero-order valence-electron chi connectivity index (χ0n) is 10.8. The van der Waals surface area contributed by atoms with E-state index in [0.29, 0.717) is 27.0 Å². The largest absolute Gasteiger partial charge is 0.495 e. The Morgan fingerprint density at radius 2 is 1.95 bits per heavy atom. The number of para-hydroxylation sites is 1. The second kappa shape index (κ2) is 6.16. The van der Waals surface area contributed by atoms with E-state index in [2.05, 4.69) is 0 Å². The van der Waals surface area contributed by atoms with Gasteiger partial charge in [-0.2, -0.15) is 0 Å². The van der Waals surface area contributed by atoms with Gasteiger partial charge in [-0.3, -0.25) is 4.79 Å². The summed E-state index contributed by atoms with van der Waals surface area (Å²) in [6.45, 7) is 0. The summed E-state index contributed by atoms with van der Waals surface area (Å²) in [5.74, 6) is 0.393. The van der Waals surface area contributed by atoms with E-state index in [1.165, 1.54) is 7.11 Å². The molecule has 0 saturated carbocycles. The fourth-order valence-electron chi connectivity index (χ4n) is 1.90. The molecule has 2 aromatic rings. The second-order valence-electron chi connectivity index (χ2n) is 4.27. The first-order valence-corrected chi connectivity index (χ1v) is 6.68. The van der Waals surface area contributed by atoms with E-state index in [4.69, 9.17) is 33.7 Å². The lowest BCUT2D eigenvalue weighted by Gasteiger charge is -2.09. The predicted octanol–water partition coefficient (Wildman–Crippen LogP) is 4.01. The van der Waals surface area contributed by atoms with Gasteiger partial charge in [0, 0.05) is 12.0 Å². The Bertz CT molecular complexity index is 656. The summed E-state index contributed by atoms with van der Waals surface area (Å²) >= 11 is 11.8. The smallest absolute Gasteiger partial charge is 0.169 e. The van der Waals surface area contributed by atoms with E-state index < -0.39 is 0 Å². The third-order valence-corrected chi connectivity index (χ3v) is 3.67. The van der Waals surface area contributed by atoms with Crippen molar-refractivity contribution >= 4 is 34.7 Å². The van der Waals surface area contributed by atoms with Crippen LogP contribution in [0.3, 0.4) is 0 Å². The number of ether oxygens (including phenoxy) is 1. The highest BCUT2D eigenvalue weighted by atomic mass is 35.5. The van der Waals surface area contributed by atoms with Gasteiger partial charge in [-0.05, 0) is 29.8 Å². The lowest BCUT2D eigenvalue weighted by Crippen LogP contribution is -2.08. The normalized spacial score (nSPS) is 10.3. The van der Waals surface area contributed by atoms with Crippen LogP contribution in [-0.4, -0.2) is 12.9 Å². The standard InChI is InChI=1S/C15H13Cl2NO2/c1-20-14-4-2-3-10(15(14)18)13(19)8-9-5-6-11(16)12(17)7-9/h2-7H,8,18H2,1H3. The molecule has 0 fully saturated rings. The van der Waals surface area contributed by atoms with Crippen LogP contribution in [0.2, 0.25) is 10.0 Å². The van der Waals surface area contributed by atoms with Gasteiger partial charge in [0.15, 0.2) is 5.78 Å². The van der Waals surface area contributed by atoms with Crippen molar-refractivity contribution < 1.29 is 9.53 Å². The van der Waals surface area contributed by atoms with E-state index in [9.17, 15) is 4.79 Å². The topological polar surface area (TPSA) is 52.3 Å². The predicted molar refractivity (Wildman–Crippen MR) is 81.9 cm³/mol. The van der Waals surface area contributed by atoms with Crippen molar-refractivity contribution in [1.82, 2.24) is 0 Å². The summed E-state index contributed by atoms with van der Waals surface area (Å²) in [6, 6.07) is 10.2. The SMILES string of the molecule is COc1cccc(C(=O)Cc2ccc(Cl)c(Cl)c2)c1N. The molecule has 0 atom stereocenters. The Hall–Kier alpha value is -1.71. The van der Waals surface area contributed by atoms with Crippen LogP contribution in [0.15, 0.2) is 36.4 Å². The molecule has 0 aliphatic rings. The first kappa shape index (κ1) is 14.7. The van der Waals surface area contributed by atoms with Gasteiger partial charge in [0.25, 0.3) is 0 Å². The van der Waals surface area contributed by atoms with Crippen molar-refractivity contribution in [1.29, 1.82) is 0 Å². The van der Waals surface area contributed by atoms with E-state index in [-0.39, 0.29) is 12.2 Å². The van der Waals surface area contributed by atoms with Crippen LogP contribution in [0.4, 0.5) is 5.69 Å².